The number of nitrogens with two attached hydrogens (primary N) is 1. The van der Waals surface area contributed by atoms with Crippen LogP contribution in [0.5, 0.6) is 0 Å². The lowest BCUT2D eigenvalue weighted by atomic mass is 10.1. The summed E-state index contributed by atoms with van der Waals surface area (Å²) < 4.78 is 0. The zero-order valence-corrected chi connectivity index (χ0v) is 10.7. The highest BCUT2D eigenvalue weighted by molar-refractivity contribution is 5.52. The third kappa shape index (κ3) is 3.53. The molecule has 0 bridgehead atoms. The Morgan fingerprint density at radius 2 is 1.94 bits per heavy atom. The van der Waals surface area contributed by atoms with Gasteiger partial charge in [0.05, 0.1) is 0 Å². The first-order chi connectivity index (χ1) is 7.69. The average Bonchev–Trinajstić information content (AvgIpc) is 2.27. The minimum absolute atomic E-state index is 0.282. The summed E-state index contributed by atoms with van der Waals surface area (Å²) in [6.45, 7) is 8.50. The van der Waals surface area contributed by atoms with Crippen LogP contribution >= 0.6 is 0 Å². The van der Waals surface area contributed by atoms with Gasteiger partial charge in [-0.1, -0.05) is 31.5 Å². The van der Waals surface area contributed by atoms with Crippen molar-refractivity contribution in [2.45, 2.75) is 39.7 Å². The van der Waals surface area contributed by atoms with Gasteiger partial charge >= 0.3 is 0 Å². The molecular weight excluding hydrogens is 196 g/mol. The van der Waals surface area contributed by atoms with Crippen LogP contribution in [0, 0.1) is 6.92 Å². The van der Waals surface area contributed by atoms with Crippen molar-refractivity contribution in [1.82, 2.24) is 0 Å². The van der Waals surface area contributed by atoms with E-state index in [1.54, 1.807) is 0 Å². The van der Waals surface area contributed by atoms with Crippen LogP contribution in [0.25, 0.3) is 0 Å². The molecular formula is C14H24N2. The molecule has 0 aliphatic carbocycles. The number of rotatable bonds is 6. The summed E-state index contributed by atoms with van der Waals surface area (Å²) in [5.41, 5.74) is 8.75. The Bertz CT molecular complexity index is 309. The lowest BCUT2D eigenvalue weighted by Gasteiger charge is -2.27. The second-order valence-electron chi connectivity index (χ2n) is 4.37. The van der Waals surface area contributed by atoms with Gasteiger partial charge in [-0.05, 0) is 31.9 Å². The zero-order chi connectivity index (χ0) is 12.0. The van der Waals surface area contributed by atoms with Crippen LogP contribution in [0.15, 0.2) is 24.3 Å². The van der Waals surface area contributed by atoms with Crippen LogP contribution in [0.4, 0.5) is 5.69 Å². The first-order valence-electron chi connectivity index (χ1n) is 6.25. The van der Waals surface area contributed by atoms with Crippen molar-refractivity contribution in [1.29, 1.82) is 0 Å². The molecule has 0 saturated carbocycles. The van der Waals surface area contributed by atoms with E-state index in [9.17, 15) is 0 Å². The molecule has 0 heterocycles. The van der Waals surface area contributed by atoms with Crippen LogP contribution < -0.4 is 10.6 Å². The van der Waals surface area contributed by atoms with Crippen LogP contribution in [-0.2, 0) is 0 Å². The number of benzene rings is 1. The number of likely N-dealkylation sites (N-methyl/N-ethyl adjacent to an activating group) is 1. The van der Waals surface area contributed by atoms with Gasteiger partial charge in [-0.15, -0.1) is 0 Å². The van der Waals surface area contributed by atoms with Crippen molar-refractivity contribution in [2.75, 3.05) is 18.0 Å². The molecule has 1 unspecified atom stereocenters. The van der Waals surface area contributed by atoms with E-state index in [0.717, 1.165) is 25.9 Å². The smallest absolute Gasteiger partial charge is 0.0396 e. The third-order valence-electron chi connectivity index (χ3n) is 2.95. The summed E-state index contributed by atoms with van der Waals surface area (Å²) in [6.07, 6.45) is 2.26. The van der Waals surface area contributed by atoms with Gasteiger partial charge in [0.15, 0.2) is 0 Å². The van der Waals surface area contributed by atoms with Crippen LogP contribution in [-0.4, -0.2) is 19.1 Å². The highest BCUT2D eigenvalue weighted by Gasteiger charge is 2.10. The van der Waals surface area contributed by atoms with E-state index >= 15 is 0 Å². The molecule has 0 radical (unpaired) electrons. The lowest BCUT2D eigenvalue weighted by molar-refractivity contribution is 0.585. The summed E-state index contributed by atoms with van der Waals surface area (Å²) in [4.78, 5) is 2.37. The molecule has 1 atom stereocenters. The molecule has 2 heteroatoms. The van der Waals surface area contributed by atoms with E-state index < -0.39 is 0 Å². The molecule has 0 amide bonds. The van der Waals surface area contributed by atoms with Crippen LogP contribution in [0.2, 0.25) is 0 Å². The minimum atomic E-state index is 0.282. The van der Waals surface area contributed by atoms with Crippen molar-refractivity contribution in [2.24, 2.45) is 5.73 Å². The van der Waals surface area contributed by atoms with Crippen molar-refractivity contribution in [3.8, 4) is 0 Å². The fourth-order valence-electron chi connectivity index (χ4n) is 2.06. The number of hydrogen-bond donors (Lipinski definition) is 1. The number of anilines is 1. The first-order valence-corrected chi connectivity index (χ1v) is 6.25. The second kappa shape index (κ2) is 6.54. The van der Waals surface area contributed by atoms with Gasteiger partial charge in [0.2, 0.25) is 0 Å². The van der Waals surface area contributed by atoms with Gasteiger partial charge in [-0.3, -0.25) is 0 Å². The Morgan fingerprint density at radius 3 is 2.50 bits per heavy atom. The second-order valence-corrected chi connectivity index (χ2v) is 4.37. The normalized spacial score (nSPS) is 12.5. The molecule has 90 valence electrons. The highest BCUT2D eigenvalue weighted by Crippen LogP contribution is 2.19. The molecule has 0 spiro atoms. The van der Waals surface area contributed by atoms with Gasteiger partial charge in [0.1, 0.15) is 0 Å². The monoisotopic (exact) mass is 220 g/mol. The first kappa shape index (κ1) is 13.0. The van der Waals surface area contributed by atoms with Crippen molar-refractivity contribution >= 4 is 5.69 Å². The SMILES string of the molecule is CCCC(N)CN(CC)c1ccccc1C. The Labute approximate surface area is 99.5 Å². The molecule has 16 heavy (non-hydrogen) atoms. The molecule has 0 aliphatic rings. The van der Waals surface area contributed by atoms with Gasteiger partial charge in [-0.25, -0.2) is 0 Å². The molecule has 0 saturated heterocycles. The number of hydrogen-bond acceptors (Lipinski definition) is 2. The molecule has 0 aromatic heterocycles. The summed E-state index contributed by atoms with van der Waals surface area (Å²) in [7, 11) is 0. The zero-order valence-electron chi connectivity index (χ0n) is 10.7. The maximum Gasteiger partial charge on any atom is 0.0396 e. The molecule has 2 nitrogen and oxygen atoms in total. The number of nitrogens with zero attached hydrogens (tertiary/aromatic N) is 1. The van der Waals surface area contributed by atoms with Crippen molar-refractivity contribution in [3.05, 3.63) is 29.8 Å². The molecule has 1 aromatic rings. The summed E-state index contributed by atoms with van der Waals surface area (Å²) in [6, 6.07) is 8.79. The summed E-state index contributed by atoms with van der Waals surface area (Å²) in [5.74, 6) is 0. The van der Waals surface area contributed by atoms with Crippen molar-refractivity contribution in [3.63, 3.8) is 0 Å². The standard InChI is InChI=1S/C14H24N2/c1-4-8-13(15)11-16(5-2)14-10-7-6-9-12(14)3/h6-7,9-10,13H,4-5,8,11,15H2,1-3H3. The van der Waals surface area contributed by atoms with Gasteiger partial charge < -0.3 is 10.6 Å². The predicted octanol–water partition coefficient (Wildman–Crippen LogP) is 2.95. The van der Waals surface area contributed by atoms with E-state index in [1.807, 2.05) is 0 Å². The van der Waals surface area contributed by atoms with Gasteiger partial charge in [0, 0.05) is 24.8 Å². The lowest BCUT2D eigenvalue weighted by Crippen LogP contribution is -2.37. The van der Waals surface area contributed by atoms with Crippen LogP contribution in [0.3, 0.4) is 0 Å². The molecule has 0 fully saturated rings. The third-order valence-corrected chi connectivity index (χ3v) is 2.95. The van der Waals surface area contributed by atoms with Crippen LogP contribution in [0.1, 0.15) is 32.3 Å². The maximum absolute atomic E-state index is 6.11. The molecule has 1 rings (SSSR count). The average molecular weight is 220 g/mol. The van der Waals surface area contributed by atoms with E-state index in [4.69, 9.17) is 5.73 Å². The molecule has 0 aliphatic heterocycles. The molecule has 2 N–H and O–H groups in total. The van der Waals surface area contributed by atoms with E-state index in [0.29, 0.717) is 0 Å². The van der Waals surface area contributed by atoms with Gasteiger partial charge in [-0.2, -0.15) is 0 Å². The summed E-state index contributed by atoms with van der Waals surface area (Å²) in [5, 5.41) is 0. The Morgan fingerprint density at radius 1 is 1.25 bits per heavy atom. The predicted molar refractivity (Wildman–Crippen MR) is 71.9 cm³/mol. The highest BCUT2D eigenvalue weighted by atomic mass is 15.1. The minimum Gasteiger partial charge on any atom is -0.370 e. The maximum atomic E-state index is 6.11. The van der Waals surface area contributed by atoms with E-state index in [1.165, 1.54) is 11.3 Å². The van der Waals surface area contributed by atoms with E-state index in [2.05, 4.69) is 49.9 Å². The fraction of sp³-hybridized carbons (Fsp3) is 0.571. The van der Waals surface area contributed by atoms with Crippen molar-refractivity contribution < 1.29 is 0 Å². The largest absolute Gasteiger partial charge is 0.370 e. The number of aryl methyl sites for hydroxylation is 1. The Kier molecular flexibility index (Phi) is 5.33. The fourth-order valence-corrected chi connectivity index (χ4v) is 2.06. The Balaban J connectivity index is 2.71. The topological polar surface area (TPSA) is 29.3 Å². The molecule has 1 aromatic carbocycles. The number of para-hydroxylation sites is 1. The van der Waals surface area contributed by atoms with E-state index in [-0.39, 0.29) is 6.04 Å². The summed E-state index contributed by atoms with van der Waals surface area (Å²) >= 11 is 0. The van der Waals surface area contributed by atoms with Gasteiger partial charge in [0.25, 0.3) is 0 Å². The Hall–Kier alpha value is -1.02. The quantitative estimate of drug-likeness (QED) is 0.798.